The maximum atomic E-state index is 13.1. The molecule has 1 saturated heterocycles. The van der Waals surface area contributed by atoms with Crippen LogP contribution in [0.15, 0.2) is 60.7 Å². The number of likely N-dealkylation sites (tertiary alicyclic amines) is 1. The van der Waals surface area contributed by atoms with Gasteiger partial charge in [0.05, 0.1) is 0 Å². The van der Waals surface area contributed by atoms with Crippen molar-refractivity contribution in [3.8, 4) is 5.75 Å². The van der Waals surface area contributed by atoms with E-state index in [9.17, 15) is 4.39 Å². The standard InChI is InChI=1S/C25H28FNO/c1-19-12-15-27(16-13-19)17-14-24-23-5-3-2-4-21(23)8-11-25(24)28-18-20-6-9-22(26)10-7-20/h2-11,19H,12-18H2,1H3. The molecule has 0 atom stereocenters. The number of benzene rings is 3. The molecule has 3 heteroatoms. The molecule has 4 rings (SSSR count). The molecule has 0 N–H and O–H groups in total. The Hall–Kier alpha value is -2.39. The summed E-state index contributed by atoms with van der Waals surface area (Å²) in [6, 6.07) is 19.3. The molecular weight excluding hydrogens is 349 g/mol. The van der Waals surface area contributed by atoms with E-state index >= 15 is 0 Å². The molecular formula is C25H28FNO. The highest BCUT2D eigenvalue weighted by Crippen LogP contribution is 2.30. The van der Waals surface area contributed by atoms with Gasteiger partial charge < -0.3 is 9.64 Å². The van der Waals surface area contributed by atoms with Crippen LogP contribution in [-0.2, 0) is 13.0 Å². The average Bonchev–Trinajstić information content (AvgIpc) is 2.73. The Morgan fingerprint density at radius 3 is 2.50 bits per heavy atom. The first-order valence-electron chi connectivity index (χ1n) is 10.3. The Bertz CT molecular complexity index is 913. The van der Waals surface area contributed by atoms with Crippen molar-refractivity contribution in [2.75, 3.05) is 19.6 Å². The number of ether oxygens (including phenoxy) is 1. The van der Waals surface area contributed by atoms with E-state index in [0.29, 0.717) is 6.61 Å². The average molecular weight is 378 g/mol. The lowest BCUT2D eigenvalue weighted by molar-refractivity contribution is 0.194. The van der Waals surface area contributed by atoms with Crippen molar-refractivity contribution < 1.29 is 9.13 Å². The van der Waals surface area contributed by atoms with Crippen LogP contribution < -0.4 is 4.74 Å². The molecule has 3 aromatic carbocycles. The Morgan fingerprint density at radius 1 is 0.964 bits per heavy atom. The van der Waals surface area contributed by atoms with Crippen molar-refractivity contribution in [3.05, 3.63) is 77.6 Å². The van der Waals surface area contributed by atoms with Crippen LogP contribution in [0.3, 0.4) is 0 Å². The van der Waals surface area contributed by atoms with Gasteiger partial charge in [-0.2, -0.15) is 0 Å². The quantitative estimate of drug-likeness (QED) is 0.536. The maximum Gasteiger partial charge on any atom is 0.123 e. The molecule has 0 saturated carbocycles. The molecule has 1 aliphatic heterocycles. The fourth-order valence-electron chi connectivity index (χ4n) is 4.01. The molecule has 146 valence electrons. The normalized spacial score (nSPS) is 15.8. The monoisotopic (exact) mass is 377 g/mol. The molecule has 0 unspecified atom stereocenters. The molecule has 0 aromatic heterocycles. The number of halogens is 1. The number of nitrogens with zero attached hydrogens (tertiary/aromatic N) is 1. The van der Waals surface area contributed by atoms with Gasteiger partial charge in [-0.15, -0.1) is 0 Å². The van der Waals surface area contributed by atoms with Crippen molar-refractivity contribution in [3.63, 3.8) is 0 Å². The van der Waals surface area contributed by atoms with Gasteiger partial charge in [0.1, 0.15) is 18.2 Å². The lowest BCUT2D eigenvalue weighted by Crippen LogP contribution is -2.34. The van der Waals surface area contributed by atoms with E-state index in [2.05, 4.69) is 48.2 Å². The van der Waals surface area contributed by atoms with Crippen LogP contribution >= 0.6 is 0 Å². The molecule has 0 amide bonds. The molecule has 1 heterocycles. The van der Waals surface area contributed by atoms with Crippen LogP contribution in [0, 0.1) is 11.7 Å². The highest BCUT2D eigenvalue weighted by atomic mass is 19.1. The summed E-state index contributed by atoms with van der Waals surface area (Å²) in [6.07, 6.45) is 3.57. The first kappa shape index (κ1) is 18.9. The van der Waals surface area contributed by atoms with E-state index < -0.39 is 0 Å². The summed E-state index contributed by atoms with van der Waals surface area (Å²) in [5.41, 5.74) is 2.25. The van der Waals surface area contributed by atoms with E-state index in [1.165, 1.54) is 54.4 Å². The molecule has 0 bridgehead atoms. The number of rotatable bonds is 6. The third-order valence-electron chi connectivity index (χ3n) is 5.86. The highest BCUT2D eigenvalue weighted by molar-refractivity contribution is 5.87. The molecule has 1 fully saturated rings. The van der Waals surface area contributed by atoms with Gasteiger partial charge in [0.25, 0.3) is 0 Å². The first-order valence-corrected chi connectivity index (χ1v) is 10.3. The minimum Gasteiger partial charge on any atom is -0.489 e. The summed E-state index contributed by atoms with van der Waals surface area (Å²) in [5.74, 6) is 1.57. The van der Waals surface area contributed by atoms with E-state index in [1.54, 1.807) is 12.1 Å². The van der Waals surface area contributed by atoms with Crippen LogP contribution in [0.1, 0.15) is 30.9 Å². The molecule has 0 spiro atoms. The van der Waals surface area contributed by atoms with Crippen molar-refractivity contribution in [1.82, 2.24) is 4.90 Å². The zero-order chi connectivity index (χ0) is 19.3. The van der Waals surface area contributed by atoms with Gasteiger partial charge in [-0.3, -0.25) is 0 Å². The predicted molar refractivity (Wildman–Crippen MR) is 113 cm³/mol. The van der Waals surface area contributed by atoms with Gasteiger partial charge in [-0.25, -0.2) is 4.39 Å². The fourth-order valence-corrected chi connectivity index (χ4v) is 4.01. The highest BCUT2D eigenvalue weighted by Gasteiger charge is 2.17. The SMILES string of the molecule is CC1CCN(CCc2c(OCc3ccc(F)cc3)ccc3ccccc23)CC1. The second-order valence-corrected chi connectivity index (χ2v) is 7.95. The lowest BCUT2D eigenvalue weighted by Gasteiger charge is -2.30. The molecule has 1 aliphatic rings. The second kappa shape index (κ2) is 8.74. The summed E-state index contributed by atoms with van der Waals surface area (Å²) in [6.45, 7) is 6.25. The van der Waals surface area contributed by atoms with Gasteiger partial charge >= 0.3 is 0 Å². The largest absolute Gasteiger partial charge is 0.489 e. The maximum absolute atomic E-state index is 13.1. The fraction of sp³-hybridized carbons (Fsp3) is 0.360. The van der Waals surface area contributed by atoms with Gasteiger partial charge in [-0.1, -0.05) is 49.4 Å². The van der Waals surface area contributed by atoms with Crippen molar-refractivity contribution in [2.45, 2.75) is 32.8 Å². The van der Waals surface area contributed by atoms with Gasteiger partial charge in [0.15, 0.2) is 0 Å². The second-order valence-electron chi connectivity index (χ2n) is 7.95. The Morgan fingerprint density at radius 2 is 1.71 bits per heavy atom. The van der Waals surface area contributed by atoms with Crippen LogP contribution in [0.2, 0.25) is 0 Å². The summed E-state index contributed by atoms with van der Waals surface area (Å²) >= 11 is 0. The van der Waals surface area contributed by atoms with Crippen molar-refractivity contribution in [1.29, 1.82) is 0 Å². The Kier molecular flexibility index (Phi) is 5.92. The van der Waals surface area contributed by atoms with E-state index in [4.69, 9.17) is 4.74 Å². The number of hydrogen-bond donors (Lipinski definition) is 0. The van der Waals surface area contributed by atoms with E-state index in [-0.39, 0.29) is 5.82 Å². The number of fused-ring (bicyclic) bond motifs is 1. The number of piperidine rings is 1. The lowest BCUT2D eigenvalue weighted by atomic mass is 9.97. The minimum atomic E-state index is -0.217. The summed E-state index contributed by atoms with van der Waals surface area (Å²) in [4.78, 5) is 2.57. The molecule has 3 aromatic rings. The van der Waals surface area contributed by atoms with E-state index in [1.807, 2.05) is 0 Å². The van der Waals surface area contributed by atoms with Gasteiger partial charge in [-0.05, 0) is 72.8 Å². The third-order valence-corrected chi connectivity index (χ3v) is 5.86. The summed E-state index contributed by atoms with van der Waals surface area (Å²) < 4.78 is 19.3. The minimum absolute atomic E-state index is 0.217. The van der Waals surface area contributed by atoms with Gasteiger partial charge in [0, 0.05) is 12.1 Å². The summed E-state index contributed by atoms with van der Waals surface area (Å²) in [5, 5.41) is 2.52. The van der Waals surface area contributed by atoms with Crippen molar-refractivity contribution in [2.24, 2.45) is 5.92 Å². The number of hydrogen-bond acceptors (Lipinski definition) is 2. The molecule has 0 aliphatic carbocycles. The Labute approximate surface area is 166 Å². The first-order chi connectivity index (χ1) is 13.7. The summed E-state index contributed by atoms with van der Waals surface area (Å²) in [7, 11) is 0. The third kappa shape index (κ3) is 4.53. The molecule has 2 nitrogen and oxygen atoms in total. The topological polar surface area (TPSA) is 12.5 Å². The molecule has 0 radical (unpaired) electrons. The molecule has 28 heavy (non-hydrogen) atoms. The smallest absolute Gasteiger partial charge is 0.123 e. The van der Waals surface area contributed by atoms with Crippen LogP contribution in [0.5, 0.6) is 5.75 Å². The van der Waals surface area contributed by atoms with Crippen LogP contribution in [0.25, 0.3) is 10.8 Å². The van der Waals surface area contributed by atoms with Crippen LogP contribution in [-0.4, -0.2) is 24.5 Å². The predicted octanol–water partition coefficient (Wildman–Crippen LogP) is 5.83. The van der Waals surface area contributed by atoms with E-state index in [0.717, 1.165) is 30.2 Å². The van der Waals surface area contributed by atoms with Crippen molar-refractivity contribution >= 4 is 10.8 Å². The zero-order valence-electron chi connectivity index (χ0n) is 16.5. The van der Waals surface area contributed by atoms with Crippen LogP contribution in [0.4, 0.5) is 4.39 Å². The Balaban J connectivity index is 1.53. The van der Waals surface area contributed by atoms with Gasteiger partial charge in [0.2, 0.25) is 0 Å². The zero-order valence-corrected chi connectivity index (χ0v) is 16.5.